The summed E-state index contributed by atoms with van der Waals surface area (Å²) in [5.74, 6) is 0.626. The van der Waals surface area contributed by atoms with Crippen LogP contribution >= 0.6 is 11.8 Å². The molecule has 0 saturated carbocycles. The highest BCUT2D eigenvalue weighted by Crippen LogP contribution is 2.35. The number of nitrogens with zero attached hydrogens (tertiary/aromatic N) is 3. The van der Waals surface area contributed by atoms with Crippen molar-refractivity contribution >= 4 is 39.5 Å². The molecule has 36 heavy (non-hydrogen) atoms. The molecule has 6 rings (SSSR count). The van der Waals surface area contributed by atoms with Gasteiger partial charge in [0, 0.05) is 27.6 Å². The van der Waals surface area contributed by atoms with Gasteiger partial charge >= 0.3 is 5.97 Å². The summed E-state index contributed by atoms with van der Waals surface area (Å²) >= 11 is 1.43. The molecule has 0 radical (unpaired) electrons. The number of H-pyrrole nitrogens is 1. The second-order valence-electron chi connectivity index (χ2n) is 8.17. The van der Waals surface area contributed by atoms with Crippen LogP contribution in [0.15, 0.2) is 94.6 Å². The SMILES string of the molecule is COC(=O)c1ccc(CSc2nnc(-c3cc4c([nH]c5ccccc54)c(-c4ccccc4)n3)o2)cc1. The van der Waals surface area contributed by atoms with Gasteiger partial charge in [-0.05, 0) is 29.8 Å². The molecule has 3 aromatic carbocycles. The van der Waals surface area contributed by atoms with E-state index in [-0.39, 0.29) is 5.97 Å². The number of hydrogen-bond donors (Lipinski definition) is 1. The summed E-state index contributed by atoms with van der Waals surface area (Å²) in [6, 6.07) is 27.5. The average Bonchev–Trinajstić information content (AvgIpc) is 3.56. The quantitative estimate of drug-likeness (QED) is 0.209. The molecule has 0 aliphatic carbocycles. The van der Waals surface area contributed by atoms with Crippen molar-refractivity contribution < 1.29 is 13.9 Å². The van der Waals surface area contributed by atoms with Crippen LogP contribution in [0.5, 0.6) is 0 Å². The predicted molar refractivity (Wildman–Crippen MR) is 140 cm³/mol. The Kier molecular flexibility index (Phi) is 5.71. The van der Waals surface area contributed by atoms with Crippen LogP contribution in [0.1, 0.15) is 15.9 Å². The third-order valence-electron chi connectivity index (χ3n) is 5.91. The lowest BCUT2D eigenvalue weighted by Crippen LogP contribution is -2.00. The maximum atomic E-state index is 11.6. The molecule has 0 aliphatic heterocycles. The molecule has 0 amide bonds. The van der Waals surface area contributed by atoms with Crippen LogP contribution in [0.3, 0.4) is 0 Å². The second-order valence-corrected chi connectivity index (χ2v) is 9.09. The van der Waals surface area contributed by atoms with Crippen molar-refractivity contribution in [2.24, 2.45) is 0 Å². The van der Waals surface area contributed by atoms with Crippen LogP contribution in [-0.4, -0.2) is 33.2 Å². The molecule has 0 spiro atoms. The molecule has 1 N–H and O–H groups in total. The molecular formula is C28H20N4O3S. The molecule has 0 fully saturated rings. The Bertz CT molecular complexity index is 1690. The molecule has 0 atom stereocenters. The van der Waals surface area contributed by atoms with Crippen LogP contribution in [-0.2, 0) is 10.5 Å². The third-order valence-corrected chi connectivity index (χ3v) is 6.80. The minimum atomic E-state index is -0.356. The van der Waals surface area contributed by atoms with Gasteiger partial charge in [0.15, 0.2) is 0 Å². The Morgan fingerprint density at radius 3 is 2.53 bits per heavy atom. The number of carbonyl (C=O) groups is 1. The summed E-state index contributed by atoms with van der Waals surface area (Å²) in [4.78, 5) is 20.1. The predicted octanol–water partition coefficient (Wildman–Crippen LogP) is 6.51. The van der Waals surface area contributed by atoms with Crippen molar-refractivity contribution in [1.82, 2.24) is 20.2 Å². The van der Waals surface area contributed by atoms with Gasteiger partial charge in [-0.3, -0.25) is 0 Å². The molecule has 0 unspecified atom stereocenters. The van der Waals surface area contributed by atoms with Gasteiger partial charge in [0.2, 0.25) is 0 Å². The van der Waals surface area contributed by atoms with E-state index in [1.165, 1.54) is 18.9 Å². The van der Waals surface area contributed by atoms with Crippen molar-refractivity contribution in [2.45, 2.75) is 11.0 Å². The number of aromatic nitrogens is 4. The molecular weight excluding hydrogens is 472 g/mol. The molecule has 0 bridgehead atoms. The fraction of sp³-hybridized carbons (Fsp3) is 0.0714. The second kappa shape index (κ2) is 9.31. The number of aromatic amines is 1. The lowest BCUT2D eigenvalue weighted by Gasteiger charge is -2.05. The number of para-hydroxylation sites is 1. The van der Waals surface area contributed by atoms with Gasteiger partial charge in [-0.25, -0.2) is 9.78 Å². The number of nitrogens with one attached hydrogen (secondary N) is 1. The smallest absolute Gasteiger partial charge is 0.337 e. The van der Waals surface area contributed by atoms with Gasteiger partial charge in [0.05, 0.1) is 23.9 Å². The zero-order valence-electron chi connectivity index (χ0n) is 19.3. The number of pyridine rings is 1. The number of methoxy groups -OCH3 is 1. The van der Waals surface area contributed by atoms with E-state index >= 15 is 0 Å². The van der Waals surface area contributed by atoms with Gasteiger partial charge in [-0.1, -0.05) is 72.4 Å². The first-order chi connectivity index (χ1) is 17.7. The van der Waals surface area contributed by atoms with E-state index in [0.29, 0.717) is 28.1 Å². The van der Waals surface area contributed by atoms with Gasteiger partial charge < -0.3 is 14.1 Å². The van der Waals surface area contributed by atoms with Crippen LogP contribution in [0.2, 0.25) is 0 Å². The first-order valence-electron chi connectivity index (χ1n) is 11.3. The Balaban J connectivity index is 1.33. The molecule has 6 aromatic rings. The van der Waals surface area contributed by atoms with E-state index in [4.69, 9.17) is 14.1 Å². The number of thioether (sulfide) groups is 1. The average molecular weight is 493 g/mol. The fourth-order valence-corrected chi connectivity index (χ4v) is 4.85. The number of ether oxygens (including phenoxy) is 1. The first kappa shape index (κ1) is 22.1. The molecule has 8 heteroatoms. The summed E-state index contributed by atoms with van der Waals surface area (Å²) in [6.07, 6.45) is 0. The number of hydrogen-bond acceptors (Lipinski definition) is 7. The Morgan fingerprint density at radius 2 is 1.72 bits per heavy atom. The standard InChI is InChI=1S/C28H20N4O3S/c1-34-27(33)19-13-11-17(12-14-19)16-36-28-32-31-26(35-28)23-15-21-20-9-5-6-10-22(20)29-25(21)24(30-23)18-7-3-2-4-8-18/h2-15,29H,16H2,1H3. The highest BCUT2D eigenvalue weighted by atomic mass is 32.2. The van der Waals surface area contributed by atoms with Crippen molar-refractivity contribution in [3.63, 3.8) is 0 Å². The zero-order valence-corrected chi connectivity index (χ0v) is 20.1. The topological polar surface area (TPSA) is 93.9 Å². The summed E-state index contributed by atoms with van der Waals surface area (Å²) in [6.45, 7) is 0. The van der Waals surface area contributed by atoms with Crippen molar-refractivity contribution in [2.75, 3.05) is 7.11 Å². The molecule has 0 aliphatic rings. The van der Waals surface area contributed by atoms with Gasteiger partial charge in [0.25, 0.3) is 11.1 Å². The van der Waals surface area contributed by atoms with E-state index in [1.54, 1.807) is 12.1 Å². The highest BCUT2D eigenvalue weighted by molar-refractivity contribution is 7.98. The van der Waals surface area contributed by atoms with Crippen molar-refractivity contribution in [3.8, 4) is 22.8 Å². The first-order valence-corrected chi connectivity index (χ1v) is 12.3. The minimum Gasteiger partial charge on any atom is -0.465 e. The maximum absolute atomic E-state index is 11.6. The lowest BCUT2D eigenvalue weighted by molar-refractivity contribution is 0.0600. The van der Waals surface area contributed by atoms with Crippen LogP contribution < -0.4 is 0 Å². The maximum Gasteiger partial charge on any atom is 0.337 e. The molecule has 0 saturated heterocycles. The van der Waals surface area contributed by atoms with Crippen LogP contribution in [0.4, 0.5) is 0 Å². The monoisotopic (exact) mass is 492 g/mol. The van der Waals surface area contributed by atoms with Crippen molar-refractivity contribution in [3.05, 3.63) is 96.1 Å². The normalized spacial score (nSPS) is 11.2. The lowest BCUT2D eigenvalue weighted by atomic mass is 10.1. The summed E-state index contributed by atoms with van der Waals surface area (Å²) in [5, 5.41) is 11.1. The van der Waals surface area contributed by atoms with E-state index in [0.717, 1.165) is 38.6 Å². The van der Waals surface area contributed by atoms with Crippen LogP contribution in [0.25, 0.3) is 44.6 Å². The fourth-order valence-electron chi connectivity index (χ4n) is 4.13. The Labute approximate surface area is 210 Å². The number of benzene rings is 3. The molecule has 3 heterocycles. The highest BCUT2D eigenvalue weighted by Gasteiger charge is 2.18. The Morgan fingerprint density at radius 1 is 0.944 bits per heavy atom. The van der Waals surface area contributed by atoms with Crippen LogP contribution in [0, 0.1) is 0 Å². The largest absolute Gasteiger partial charge is 0.465 e. The molecule has 176 valence electrons. The zero-order chi connectivity index (χ0) is 24.5. The molecule has 7 nitrogen and oxygen atoms in total. The van der Waals surface area contributed by atoms with E-state index in [1.807, 2.05) is 60.7 Å². The van der Waals surface area contributed by atoms with E-state index < -0.39 is 0 Å². The van der Waals surface area contributed by atoms with Gasteiger partial charge in [-0.2, -0.15) is 0 Å². The van der Waals surface area contributed by atoms with E-state index in [2.05, 4.69) is 27.3 Å². The van der Waals surface area contributed by atoms with E-state index in [9.17, 15) is 4.79 Å². The minimum absolute atomic E-state index is 0.356. The number of fused-ring (bicyclic) bond motifs is 3. The number of rotatable bonds is 6. The number of carbonyl (C=O) groups excluding carboxylic acids is 1. The van der Waals surface area contributed by atoms with Gasteiger partial charge in [-0.15, -0.1) is 10.2 Å². The Hall–Kier alpha value is -4.43. The molecule has 3 aromatic heterocycles. The summed E-state index contributed by atoms with van der Waals surface area (Å²) < 4.78 is 10.7. The third kappa shape index (κ3) is 4.12. The summed E-state index contributed by atoms with van der Waals surface area (Å²) in [7, 11) is 1.37. The van der Waals surface area contributed by atoms with Crippen molar-refractivity contribution in [1.29, 1.82) is 0 Å². The summed E-state index contributed by atoms with van der Waals surface area (Å²) in [5.41, 5.74) is 6.00. The van der Waals surface area contributed by atoms with Gasteiger partial charge in [0.1, 0.15) is 5.69 Å². The number of esters is 1.